The van der Waals surface area contributed by atoms with Crippen LogP contribution in [-0.4, -0.2) is 11.2 Å². The molecule has 1 saturated carbocycles. The topological polar surface area (TPSA) is 24.1 Å². The average molecular weight is 290 g/mol. The van der Waals surface area contributed by atoms with Crippen LogP contribution >= 0.6 is 12.2 Å². The number of benzene rings is 1. The molecule has 20 heavy (non-hydrogen) atoms. The summed E-state index contributed by atoms with van der Waals surface area (Å²) in [4.78, 5) is 0. The molecule has 1 aromatic rings. The zero-order valence-electron chi connectivity index (χ0n) is 13.0. The van der Waals surface area contributed by atoms with Crippen molar-refractivity contribution in [2.24, 2.45) is 11.8 Å². The van der Waals surface area contributed by atoms with Gasteiger partial charge in [-0.2, -0.15) is 0 Å². The van der Waals surface area contributed by atoms with Gasteiger partial charge in [-0.15, -0.1) is 0 Å². The van der Waals surface area contributed by atoms with Gasteiger partial charge in [-0.1, -0.05) is 32.8 Å². The second kappa shape index (κ2) is 6.57. The predicted molar refractivity (Wildman–Crippen MR) is 91.2 cm³/mol. The number of hydrogen-bond donors (Lipinski definition) is 2. The molecule has 3 heteroatoms. The van der Waals surface area contributed by atoms with Gasteiger partial charge in [0, 0.05) is 11.7 Å². The first-order valence-corrected chi connectivity index (χ1v) is 8.02. The van der Waals surface area contributed by atoms with Gasteiger partial charge in [0.15, 0.2) is 5.11 Å². The SMILES string of the molecule is Cc1cc(C)cc(NC(=S)NC2CCCC(C)C2C)c1. The zero-order valence-corrected chi connectivity index (χ0v) is 13.8. The highest BCUT2D eigenvalue weighted by atomic mass is 32.1. The van der Waals surface area contributed by atoms with Gasteiger partial charge >= 0.3 is 0 Å². The van der Waals surface area contributed by atoms with E-state index in [0.29, 0.717) is 12.0 Å². The van der Waals surface area contributed by atoms with E-state index in [1.165, 1.54) is 30.4 Å². The fraction of sp³-hybridized carbons (Fsp3) is 0.588. The molecule has 0 aliphatic heterocycles. The van der Waals surface area contributed by atoms with Crippen LogP contribution in [0.25, 0.3) is 0 Å². The molecule has 0 aromatic heterocycles. The molecule has 0 bridgehead atoms. The second-order valence-corrected chi connectivity index (χ2v) is 6.76. The minimum absolute atomic E-state index is 0.504. The van der Waals surface area contributed by atoms with E-state index in [1.54, 1.807) is 0 Å². The van der Waals surface area contributed by atoms with Crippen molar-refractivity contribution in [3.8, 4) is 0 Å². The van der Waals surface area contributed by atoms with E-state index in [4.69, 9.17) is 12.2 Å². The normalized spacial score (nSPS) is 26.1. The van der Waals surface area contributed by atoms with Crippen LogP contribution in [0.3, 0.4) is 0 Å². The molecule has 0 saturated heterocycles. The van der Waals surface area contributed by atoms with Crippen LogP contribution < -0.4 is 10.6 Å². The van der Waals surface area contributed by atoms with Crippen LogP contribution in [0.2, 0.25) is 0 Å². The van der Waals surface area contributed by atoms with Gasteiger partial charge in [0.05, 0.1) is 0 Å². The third kappa shape index (κ3) is 3.95. The first-order chi connectivity index (χ1) is 9.45. The molecule has 0 amide bonds. The monoisotopic (exact) mass is 290 g/mol. The number of aryl methyl sites for hydroxylation is 2. The van der Waals surface area contributed by atoms with E-state index in [-0.39, 0.29) is 0 Å². The van der Waals surface area contributed by atoms with Gasteiger partial charge in [0.2, 0.25) is 0 Å². The van der Waals surface area contributed by atoms with Crippen LogP contribution in [0.1, 0.15) is 44.2 Å². The molecule has 1 aliphatic rings. The predicted octanol–water partition coefficient (Wildman–Crippen LogP) is 4.41. The lowest BCUT2D eigenvalue weighted by atomic mass is 9.78. The lowest BCUT2D eigenvalue weighted by molar-refractivity contribution is 0.225. The fourth-order valence-electron chi connectivity index (χ4n) is 3.17. The van der Waals surface area contributed by atoms with E-state index in [0.717, 1.165) is 16.7 Å². The third-order valence-electron chi connectivity index (χ3n) is 4.50. The summed E-state index contributed by atoms with van der Waals surface area (Å²) in [5.74, 6) is 1.47. The van der Waals surface area contributed by atoms with E-state index >= 15 is 0 Å². The van der Waals surface area contributed by atoms with Crippen molar-refractivity contribution >= 4 is 23.0 Å². The Labute approximate surface area is 128 Å². The fourth-order valence-corrected chi connectivity index (χ4v) is 3.44. The number of anilines is 1. The van der Waals surface area contributed by atoms with Crippen LogP contribution in [0, 0.1) is 25.7 Å². The Morgan fingerprint density at radius 1 is 1.10 bits per heavy atom. The van der Waals surface area contributed by atoms with Crippen molar-refractivity contribution in [3.05, 3.63) is 29.3 Å². The van der Waals surface area contributed by atoms with Crippen molar-refractivity contribution in [3.63, 3.8) is 0 Å². The van der Waals surface area contributed by atoms with Crippen molar-refractivity contribution in [1.82, 2.24) is 5.32 Å². The summed E-state index contributed by atoms with van der Waals surface area (Å²) in [7, 11) is 0. The van der Waals surface area contributed by atoms with Gasteiger partial charge in [0.25, 0.3) is 0 Å². The molecule has 3 atom stereocenters. The molecule has 0 heterocycles. The van der Waals surface area contributed by atoms with Crippen LogP contribution in [0.15, 0.2) is 18.2 Å². The average Bonchev–Trinajstić information content (AvgIpc) is 2.33. The van der Waals surface area contributed by atoms with Crippen molar-refractivity contribution in [2.45, 2.75) is 53.0 Å². The summed E-state index contributed by atoms with van der Waals surface area (Å²) < 4.78 is 0. The minimum Gasteiger partial charge on any atom is -0.359 e. The number of hydrogen-bond acceptors (Lipinski definition) is 1. The van der Waals surface area contributed by atoms with Crippen molar-refractivity contribution in [2.75, 3.05) is 5.32 Å². The molecule has 3 unspecified atom stereocenters. The molecule has 0 spiro atoms. The summed E-state index contributed by atoms with van der Waals surface area (Å²) in [6.07, 6.45) is 3.87. The van der Waals surface area contributed by atoms with Crippen LogP contribution in [0.5, 0.6) is 0 Å². The first-order valence-electron chi connectivity index (χ1n) is 7.61. The van der Waals surface area contributed by atoms with E-state index in [2.05, 4.69) is 56.5 Å². The van der Waals surface area contributed by atoms with Crippen molar-refractivity contribution in [1.29, 1.82) is 0 Å². The standard InChI is InChI=1S/C17H26N2S/c1-11-8-12(2)10-15(9-11)18-17(20)19-16-7-5-6-13(3)14(16)4/h8-10,13-14,16H,5-7H2,1-4H3,(H2,18,19,20). The molecule has 2 rings (SSSR count). The molecule has 2 nitrogen and oxygen atoms in total. The Morgan fingerprint density at radius 3 is 2.40 bits per heavy atom. The Kier molecular flexibility index (Phi) is 5.03. The number of rotatable bonds is 2. The highest BCUT2D eigenvalue weighted by molar-refractivity contribution is 7.80. The molecule has 1 fully saturated rings. The molecule has 110 valence electrons. The van der Waals surface area contributed by atoms with Gasteiger partial charge in [-0.3, -0.25) is 0 Å². The minimum atomic E-state index is 0.504. The molecule has 1 aromatic carbocycles. The molecular weight excluding hydrogens is 264 g/mol. The molecular formula is C17H26N2S. The van der Waals surface area contributed by atoms with E-state index in [1.807, 2.05) is 0 Å². The van der Waals surface area contributed by atoms with Gasteiger partial charge < -0.3 is 10.6 Å². The van der Waals surface area contributed by atoms with Gasteiger partial charge in [-0.05, 0) is 67.6 Å². The second-order valence-electron chi connectivity index (χ2n) is 6.35. The quantitative estimate of drug-likeness (QED) is 0.789. The number of nitrogens with one attached hydrogen (secondary N) is 2. The molecule has 2 N–H and O–H groups in total. The van der Waals surface area contributed by atoms with Crippen LogP contribution in [0.4, 0.5) is 5.69 Å². The summed E-state index contributed by atoms with van der Waals surface area (Å²) in [6.45, 7) is 8.90. The summed E-state index contributed by atoms with van der Waals surface area (Å²) >= 11 is 5.47. The summed E-state index contributed by atoms with van der Waals surface area (Å²) in [5, 5.41) is 7.58. The largest absolute Gasteiger partial charge is 0.359 e. The Balaban J connectivity index is 1.95. The highest BCUT2D eigenvalue weighted by Crippen LogP contribution is 2.29. The molecule has 1 aliphatic carbocycles. The highest BCUT2D eigenvalue weighted by Gasteiger charge is 2.27. The Hall–Kier alpha value is -1.09. The maximum absolute atomic E-state index is 5.47. The first kappa shape index (κ1) is 15.3. The molecule has 0 radical (unpaired) electrons. The van der Waals surface area contributed by atoms with Crippen LogP contribution in [-0.2, 0) is 0 Å². The Bertz CT molecular complexity index is 464. The maximum atomic E-state index is 5.47. The van der Waals surface area contributed by atoms with E-state index < -0.39 is 0 Å². The zero-order chi connectivity index (χ0) is 14.7. The lowest BCUT2D eigenvalue weighted by Gasteiger charge is -2.35. The summed E-state index contributed by atoms with van der Waals surface area (Å²) in [6, 6.07) is 6.94. The number of thiocarbonyl (C=S) groups is 1. The van der Waals surface area contributed by atoms with Gasteiger partial charge in [-0.25, -0.2) is 0 Å². The van der Waals surface area contributed by atoms with E-state index in [9.17, 15) is 0 Å². The maximum Gasteiger partial charge on any atom is 0.171 e. The smallest absolute Gasteiger partial charge is 0.171 e. The Morgan fingerprint density at radius 2 is 1.75 bits per heavy atom. The van der Waals surface area contributed by atoms with Crippen molar-refractivity contribution < 1.29 is 0 Å². The summed E-state index contributed by atoms with van der Waals surface area (Å²) in [5.41, 5.74) is 3.60. The third-order valence-corrected chi connectivity index (χ3v) is 4.72. The van der Waals surface area contributed by atoms with Gasteiger partial charge in [0.1, 0.15) is 0 Å². The lowest BCUT2D eigenvalue weighted by Crippen LogP contribution is -2.45.